The van der Waals surface area contributed by atoms with Gasteiger partial charge in [0.2, 0.25) is 0 Å². The van der Waals surface area contributed by atoms with Crippen molar-refractivity contribution in [2.24, 2.45) is 0 Å². The Balaban J connectivity index is 1.61. The molecular formula is C23H20N2O5. The average molecular weight is 404 g/mol. The van der Waals surface area contributed by atoms with E-state index in [1.54, 1.807) is 6.20 Å². The van der Waals surface area contributed by atoms with Crippen LogP contribution in [-0.4, -0.2) is 50.2 Å². The van der Waals surface area contributed by atoms with Crippen LogP contribution in [0.25, 0.3) is 23.1 Å². The largest absolute Gasteiger partial charge is 0.456 e. The maximum Gasteiger partial charge on any atom is 0.160 e. The third-order valence-electron chi connectivity index (χ3n) is 5.33. The summed E-state index contributed by atoms with van der Waals surface area (Å²) in [4.78, 5) is 9.06. The van der Waals surface area contributed by atoms with Crippen LogP contribution >= 0.6 is 0 Å². The summed E-state index contributed by atoms with van der Waals surface area (Å²) in [5, 5.41) is 29.8. The molecular weight excluding hydrogens is 384 g/mol. The van der Waals surface area contributed by atoms with Gasteiger partial charge >= 0.3 is 0 Å². The molecule has 1 saturated heterocycles. The quantitative estimate of drug-likeness (QED) is 0.615. The fourth-order valence-electron chi connectivity index (χ4n) is 3.76. The molecule has 0 saturated carbocycles. The molecule has 30 heavy (non-hydrogen) atoms. The molecule has 2 aromatic carbocycles. The third-order valence-corrected chi connectivity index (χ3v) is 5.33. The highest BCUT2D eigenvalue weighted by atomic mass is 16.6. The van der Waals surface area contributed by atoms with E-state index < -0.39 is 31.0 Å². The van der Waals surface area contributed by atoms with Crippen LogP contribution in [0.1, 0.15) is 23.1 Å². The Kier molecular flexibility index (Phi) is 4.80. The number of aliphatic hydroxyl groups is 3. The SMILES string of the molecule is OC[C@H]1O[C@@H](c2ncc3c(n2)-c2ccccc2O/C3=C\c2ccccc2)[C@H](O)[C@@H]1O. The van der Waals surface area contributed by atoms with E-state index in [2.05, 4.69) is 9.97 Å². The molecule has 0 aliphatic carbocycles. The van der Waals surface area contributed by atoms with E-state index in [-0.39, 0.29) is 5.82 Å². The summed E-state index contributed by atoms with van der Waals surface area (Å²) in [6.45, 7) is -0.402. The average Bonchev–Trinajstić information content (AvgIpc) is 3.08. The molecule has 0 radical (unpaired) electrons. The third kappa shape index (κ3) is 3.18. The van der Waals surface area contributed by atoms with Gasteiger partial charge < -0.3 is 24.8 Å². The Morgan fingerprint density at radius 3 is 2.47 bits per heavy atom. The van der Waals surface area contributed by atoms with Crippen molar-refractivity contribution in [3.05, 3.63) is 77.7 Å². The Hall–Kier alpha value is -3.10. The van der Waals surface area contributed by atoms with Crippen molar-refractivity contribution in [2.75, 3.05) is 6.61 Å². The van der Waals surface area contributed by atoms with Crippen LogP contribution in [0, 0.1) is 0 Å². The summed E-state index contributed by atoms with van der Waals surface area (Å²) in [5.74, 6) is 1.52. The molecule has 152 valence electrons. The summed E-state index contributed by atoms with van der Waals surface area (Å²) in [7, 11) is 0. The van der Waals surface area contributed by atoms with E-state index in [1.165, 1.54) is 0 Å². The number of benzene rings is 2. The van der Waals surface area contributed by atoms with Crippen LogP contribution in [0.5, 0.6) is 5.75 Å². The number of hydrogen-bond donors (Lipinski definition) is 3. The highest BCUT2D eigenvalue weighted by Gasteiger charge is 2.44. The van der Waals surface area contributed by atoms with Crippen molar-refractivity contribution in [3.63, 3.8) is 0 Å². The van der Waals surface area contributed by atoms with Gasteiger partial charge in [0.15, 0.2) is 5.82 Å². The van der Waals surface area contributed by atoms with Crippen LogP contribution in [0.2, 0.25) is 0 Å². The topological polar surface area (TPSA) is 105 Å². The fourth-order valence-corrected chi connectivity index (χ4v) is 3.76. The first kappa shape index (κ1) is 18.9. The number of para-hydroxylation sites is 1. The monoisotopic (exact) mass is 404 g/mol. The smallest absolute Gasteiger partial charge is 0.160 e. The maximum atomic E-state index is 10.4. The molecule has 5 rings (SSSR count). The standard InChI is InChI=1S/C23H20N2O5/c26-12-18-20(27)21(28)22(30-18)23-24-11-15-17(10-13-6-2-1-3-7-13)29-16-9-5-4-8-14(16)19(15)25-23/h1-11,18,20-22,26-28H,12H2/b17-10-/t18-,20-,21-,22-/m1/s1. The number of aliphatic hydroxyl groups excluding tert-OH is 3. The molecule has 0 unspecified atom stereocenters. The Bertz CT molecular complexity index is 1100. The van der Waals surface area contributed by atoms with E-state index in [0.29, 0.717) is 22.8 Å². The normalized spacial score (nSPS) is 26.2. The van der Waals surface area contributed by atoms with E-state index in [9.17, 15) is 15.3 Å². The van der Waals surface area contributed by atoms with E-state index in [1.807, 2.05) is 60.7 Å². The molecule has 2 aliphatic rings. The minimum absolute atomic E-state index is 0.243. The number of nitrogens with zero attached hydrogens (tertiary/aromatic N) is 2. The molecule has 1 fully saturated rings. The summed E-state index contributed by atoms with van der Waals surface area (Å²) in [5.41, 5.74) is 3.15. The Morgan fingerprint density at radius 1 is 0.933 bits per heavy atom. The van der Waals surface area contributed by atoms with Crippen LogP contribution in [-0.2, 0) is 4.74 Å². The van der Waals surface area contributed by atoms with Crippen molar-refractivity contribution in [3.8, 4) is 17.0 Å². The maximum absolute atomic E-state index is 10.4. The summed E-state index contributed by atoms with van der Waals surface area (Å²) < 4.78 is 11.7. The van der Waals surface area contributed by atoms with Crippen molar-refractivity contribution in [1.29, 1.82) is 0 Å². The first-order valence-electron chi connectivity index (χ1n) is 9.69. The number of rotatable bonds is 3. The molecule has 3 aromatic rings. The molecule has 3 heterocycles. The minimum Gasteiger partial charge on any atom is -0.456 e. The van der Waals surface area contributed by atoms with E-state index in [4.69, 9.17) is 9.47 Å². The Labute approximate surface area is 172 Å². The molecule has 4 atom stereocenters. The molecule has 0 bridgehead atoms. The van der Waals surface area contributed by atoms with Gasteiger partial charge in [-0.05, 0) is 23.8 Å². The van der Waals surface area contributed by atoms with Crippen molar-refractivity contribution >= 4 is 11.8 Å². The number of hydrogen-bond acceptors (Lipinski definition) is 7. The first-order chi connectivity index (χ1) is 14.7. The predicted molar refractivity (Wildman–Crippen MR) is 109 cm³/mol. The lowest BCUT2D eigenvalue weighted by atomic mass is 10.00. The van der Waals surface area contributed by atoms with Crippen molar-refractivity contribution in [2.45, 2.75) is 24.4 Å². The van der Waals surface area contributed by atoms with Gasteiger partial charge in [-0.2, -0.15) is 0 Å². The molecule has 3 N–H and O–H groups in total. The van der Waals surface area contributed by atoms with Crippen LogP contribution in [0.4, 0.5) is 0 Å². The zero-order valence-corrected chi connectivity index (χ0v) is 15.9. The Morgan fingerprint density at radius 2 is 1.70 bits per heavy atom. The molecule has 7 nitrogen and oxygen atoms in total. The van der Waals surface area contributed by atoms with Gasteiger partial charge in [0.25, 0.3) is 0 Å². The van der Waals surface area contributed by atoms with Crippen LogP contribution in [0.15, 0.2) is 60.8 Å². The molecule has 7 heteroatoms. The molecule has 2 aliphatic heterocycles. The number of aromatic nitrogens is 2. The lowest BCUT2D eigenvalue weighted by Gasteiger charge is -2.23. The van der Waals surface area contributed by atoms with Crippen LogP contribution in [0.3, 0.4) is 0 Å². The van der Waals surface area contributed by atoms with Gasteiger partial charge in [-0.25, -0.2) is 9.97 Å². The van der Waals surface area contributed by atoms with Gasteiger partial charge in [-0.1, -0.05) is 42.5 Å². The van der Waals surface area contributed by atoms with Gasteiger partial charge in [0.1, 0.15) is 35.9 Å². The lowest BCUT2D eigenvalue weighted by molar-refractivity contribution is -0.0252. The molecule has 0 spiro atoms. The molecule has 1 aromatic heterocycles. The van der Waals surface area contributed by atoms with Gasteiger partial charge in [-0.15, -0.1) is 0 Å². The second-order valence-electron chi connectivity index (χ2n) is 7.27. The highest BCUT2D eigenvalue weighted by molar-refractivity contribution is 5.90. The van der Waals surface area contributed by atoms with Crippen LogP contribution < -0.4 is 4.74 Å². The van der Waals surface area contributed by atoms with Gasteiger partial charge in [-0.3, -0.25) is 0 Å². The summed E-state index contributed by atoms with van der Waals surface area (Å²) in [6, 6.07) is 17.4. The van der Waals surface area contributed by atoms with E-state index in [0.717, 1.165) is 11.1 Å². The van der Waals surface area contributed by atoms with Crippen molar-refractivity contribution in [1.82, 2.24) is 9.97 Å². The fraction of sp³-hybridized carbons (Fsp3) is 0.217. The summed E-state index contributed by atoms with van der Waals surface area (Å²) >= 11 is 0. The van der Waals surface area contributed by atoms with Gasteiger partial charge in [0, 0.05) is 11.8 Å². The number of fused-ring (bicyclic) bond motifs is 3. The zero-order valence-electron chi connectivity index (χ0n) is 15.9. The predicted octanol–water partition coefficient (Wildman–Crippen LogP) is 2.19. The first-order valence-corrected chi connectivity index (χ1v) is 9.69. The lowest BCUT2D eigenvalue weighted by Crippen LogP contribution is -2.32. The highest BCUT2D eigenvalue weighted by Crippen LogP contribution is 2.42. The van der Waals surface area contributed by atoms with Gasteiger partial charge in [0.05, 0.1) is 17.9 Å². The second kappa shape index (κ2) is 7.62. The summed E-state index contributed by atoms with van der Waals surface area (Å²) in [6.07, 6.45) is -0.687. The number of ether oxygens (including phenoxy) is 2. The van der Waals surface area contributed by atoms with E-state index >= 15 is 0 Å². The second-order valence-corrected chi connectivity index (χ2v) is 7.27. The molecule has 0 amide bonds. The minimum atomic E-state index is -1.23. The van der Waals surface area contributed by atoms with Crippen molar-refractivity contribution < 1.29 is 24.8 Å². The zero-order chi connectivity index (χ0) is 20.7.